The Morgan fingerprint density at radius 3 is 2.76 bits per heavy atom. The molecule has 0 unspecified atom stereocenters. The number of sulfonamides is 1. The molecule has 2 N–H and O–H groups in total. The number of para-hydroxylation sites is 1. The average molecular weight is 326 g/mol. The Kier molecular flexibility index (Phi) is 4.53. The topological polar surface area (TPSA) is 84.2 Å². The third-order valence-electron chi connectivity index (χ3n) is 2.57. The molecule has 0 aliphatic heterocycles. The van der Waals surface area contributed by atoms with Gasteiger partial charge in [-0.05, 0) is 12.1 Å². The summed E-state index contributed by atoms with van der Waals surface area (Å²) in [4.78, 5) is 0. The summed E-state index contributed by atoms with van der Waals surface area (Å²) in [5.41, 5.74) is 0.754. The van der Waals surface area contributed by atoms with Crippen molar-refractivity contribution in [3.8, 4) is 11.8 Å². The van der Waals surface area contributed by atoms with Crippen molar-refractivity contribution in [3.63, 3.8) is 0 Å². The lowest BCUT2D eigenvalue weighted by atomic mass is 10.2. The van der Waals surface area contributed by atoms with E-state index in [0.717, 1.165) is 0 Å². The summed E-state index contributed by atoms with van der Waals surface area (Å²) in [6.45, 7) is -0.311. The number of halogens is 1. The second kappa shape index (κ2) is 6.18. The van der Waals surface area contributed by atoms with E-state index < -0.39 is 10.0 Å². The number of aryl methyl sites for hydroxylation is 1. The molecule has 0 fully saturated rings. The van der Waals surface area contributed by atoms with Crippen molar-refractivity contribution in [2.75, 3.05) is 11.3 Å². The van der Waals surface area contributed by atoms with Gasteiger partial charge in [-0.1, -0.05) is 35.6 Å². The smallest absolute Gasteiger partial charge is 0.280 e. The summed E-state index contributed by atoms with van der Waals surface area (Å²) in [6, 6.07) is 6.61. The van der Waals surface area contributed by atoms with E-state index in [1.165, 1.54) is 17.9 Å². The van der Waals surface area contributed by atoms with Crippen molar-refractivity contribution >= 4 is 27.3 Å². The predicted molar refractivity (Wildman–Crippen MR) is 79.4 cm³/mol. The first-order valence-corrected chi connectivity index (χ1v) is 7.71. The number of hydrogen-bond donors (Lipinski definition) is 2. The van der Waals surface area contributed by atoms with E-state index in [2.05, 4.69) is 21.7 Å². The molecule has 2 aromatic rings. The van der Waals surface area contributed by atoms with Crippen LogP contribution in [0.25, 0.3) is 0 Å². The molecule has 21 heavy (non-hydrogen) atoms. The SMILES string of the molecule is Cn1ncc(Cl)c1S(=O)(=O)Nc1ccccc1C#CCO. The average Bonchev–Trinajstić information content (AvgIpc) is 2.77. The van der Waals surface area contributed by atoms with Crippen LogP contribution in [0.4, 0.5) is 5.69 Å². The van der Waals surface area contributed by atoms with Crippen molar-refractivity contribution < 1.29 is 13.5 Å². The zero-order valence-corrected chi connectivity index (χ0v) is 12.6. The van der Waals surface area contributed by atoms with Crippen LogP contribution in [-0.2, 0) is 17.1 Å². The van der Waals surface area contributed by atoms with Crippen LogP contribution in [0.15, 0.2) is 35.5 Å². The number of aliphatic hydroxyl groups is 1. The van der Waals surface area contributed by atoms with Crippen LogP contribution in [0.2, 0.25) is 5.02 Å². The van der Waals surface area contributed by atoms with Gasteiger partial charge >= 0.3 is 0 Å². The van der Waals surface area contributed by atoms with Crippen LogP contribution in [0.3, 0.4) is 0 Å². The zero-order valence-electron chi connectivity index (χ0n) is 11.0. The van der Waals surface area contributed by atoms with Gasteiger partial charge in [0.05, 0.1) is 16.9 Å². The number of rotatable bonds is 3. The number of benzene rings is 1. The summed E-state index contributed by atoms with van der Waals surface area (Å²) in [7, 11) is -2.41. The molecule has 2 rings (SSSR count). The molecule has 0 aliphatic carbocycles. The highest BCUT2D eigenvalue weighted by Crippen LogP contribution is 2.24. The summed E-state index contributed by atoms with van der Waals surface area (Å²) < 4.78 is 28.3. The highest BCUT2D eigenvalue weighted by atomic mass is 35.5. The van der Waals surface area contributed by atoms with Crippen molar-refractivity contribution in [1.29, 1.82) is 0 Å². The molecule has 0 saturated heterocycles. The van der Waals surface area contributed by atoms with Crippen LogP contribution in [0, 0.1) is 11.8 Å². The minimum Gasteiger partial charge on any atom is -0.384 e. The van der Waals surface area contributed by atoms with Crippen molar-refractivity contribution in [2.24, 2.45) is 7.05 Å². The maximum Gasteiger partial charge on any atom is 0.280 e. The second-order valence-corrected chi connectivity index (χ2v) is 6.04. The third kappa shape index (κ3) is 3.36. The van der Waals surface area contributed by atoms with Gasteiger partial charge in [-0.3, -0.25) is 9.40 Å². The van der Waals surface area contributed by atoms with Gasteiger partial charge in [0.2, 0.25) is 0 Å². The fourth-order valence-corrected chi connectivity index (χ4v) is 3.45. The summed E-state index contributed by atoms with van der Waals surface area (Å²) in [6.07, 6.45) is 1.26. The Morgan fingerprint density at radius 1 is 1.43 bits per heavy atom. The number of nitrogens with one attached hydrogen (secondary N) is 1. The number of nitrogens with zero attached hydrogens (tertiary/aromatic N) is 2. The van der Waals surface area contributed by atoms with Crippen LogP contribution >= 0.6 is 11.6 Å². The largest absolute Gasteiger partial charge is 0.384 e. The number of aromatic nitrogens is 2. The fourth-order valence-electron chi connectivity index (χ4n) is 1.71. The number of hydrogen-bond acceptors (Lipinski definition) is 4. The van der Waals surface area contributed by atoms with E-state index in [0.29, 0.717) is 11.3 Å². The van der Waals surface area contributed by atoms with Gasteiger partial charge in [0.15, 0.2) is 5.03 Å². The molecule has 1 aromatic carbocycles. The van der Waals surface area contributed by atoms with Crippen molar-refractivity contribution in [1.82, 2.24) is 9.78 Å². The minimum absolute atomic E-state index is 0.0314. The molecule has 1 heterocycles. The van der Waals surface area contributed by atoms with E-state index >= 15 is 0 Å². The zero-order chi connectivity index (χ0) is 15.5. The minimum atomic E-state index is -3.89. The van der Waals surface area contributed by atoms with Gasteiger partial charge in [0.25, 0.3) is 10.0 Å². The van der Waals surface area contributed by atoms with Crippen LogP contribution in [0.5, 0.6) is 0 Å². The van der Waals surface area contributed by atoms with E-state index in [-0.39, 0.29) is 16.7 Å². The fraction of sp³-hybridized carbons (Fsp3) is 0.154. The molecule has 0 bridgehead atoms. The quantitative estimate of drug-likeness (QED) is 0.831. The Balaban J connectivity index is 2.43. The molecular formula is C13H12ClN3O3S. The Morgan fingerprint density at radius 2 is 2.14 bits per heavy atom. The summed E-state index contributed by atoms with van der Waals surface area (Å²) in [5, 5.41) is 12.4. The van der Waals surface area contributed by atoms with E-state index in [9.17, 15) is 8.42 Å². The molecule has 8 heteroatoms. The van der Waals surface area contributed by atoms with Gasteiger partial charge in [0.1, 0.15) is 6.61 Å². The molecule has 0 aliphatic rings. The second-order valence-electron chi connectivity index (χ2n) is 4.03. The molecule has 0 radical (unpaired) electrons. The highest BCUT2D eigenvalue weighted by molar-refractivity contribution is 7.92. The molecule has 6 nitrogen and oxygen atoms in total. The van der Waals surface area contributed by atoms with Crippen LogP contribution < -0.4 is 4.72 Å². The van der Waals surface area contributed by atoms with Crippen LogP contribution in [-0.4, -0.2) is 29.9 Å². The summed E-state index contributed by atoms with van der Waals surface area (Å²) in [5.74, 6) is 5.15. The molecule has 0 amide bonds. The van der Waals surface area contributed by atoms with Crippen molar-refractivity contribution in [2.45, 2.75) is 5.03 Å². The Labute approximate surface area is 127 Å². The monoisotopic (exact) mass is 325 g/mol. The number of anilines is 1. The lowest BCUT2D eigenvalue weighted by Gasteiger charge is -2.10. The van der Waals surface area contributed by atoms with E-state index in [1.54, 1.807) is 24.3 Å². The van der Waals surface area contributed by atoms with Crippen LogP contribution in [0.1, 0.15) is 5.56 Å². The maximum absolute atomic E-state index is 12.4. The first kappa shape index (κ1) is 15.4. The predicted octanol–water partition coefficient (Wildman–Crippen LogP) is 1.22. The molecule has 0 saturated carbocycles. The Hall–Kier alpha value is -2.01. The maximum atomic E-state index is 12.4. The molecule has 0 atom stereocenters. The molecule has 110 valence electrons. The Bertz CT molecular complexity index is 799. The normalized spacial score (nSPS) is 10.8. The molecule has 0 spiro atoms. The van der Waals surface area contributed by atoms with Gasteiger partial charge in [0, 0.05) is 12.6 Å². The van der Waals surface area contributed by atoms with Gasteiger partial charge in [-0.2, -0.15) is 13.5 Å². The lowest BCUT2D eigenvalue weighted by molar-refractivity contribution is 0.350. The van der Waals surface area contributed by atoms with E-state index in [1.807, 2.05) is 0 Å². The van der Waals surface area contributed by atoms with Gasteiger partial charge < -0.3 is 5.11 Å². The van der Waals surface area contributed by atoms with Gasteiger partial charge in [-0.15, -0.1) is 0 Å². The number of aliphatic hydroxyl groups excluding tert-OH is 1. The van der Waals surface area contributed by atoms with Gasteiger partial charge in [-0.25, -0.2) is 0 Å². The van der Waals surface area contributed by atoms with E-state index in [4.69, 9.17) is 16.7 Å². The molecule has 1 aromatic heterocycles. The first-order valence-electron chi connectivity index (χ1n) is 5.85. The van der Waals surface area contributed by atoms with Crippen molar-refractivity contribution in [3.05, 3.63) is 41.0 Å². The summed E-state index contributed by atoms with van der Waals surface area (Å²) >= 11 is 5.86. The molecular weight excluding hydrogens is 314 g/mol. The third-order valence-corrected chi connectivity index (χ3v) is 4.44. The highest BCUT2D eigenvalue weighted by Gasteiger charge is 2.23. The lowest BCUT2D eigenvalue weighted by Crippen LogP contribution is -2.17. The standard InChI is InChI=1S/C13H12ClN3O3S/c1-17-13(11(14)9-15-17)21(19,20)16-12-7-3-2-5-10(12)6-4-8-18/h2-3,5,7,9,16,18H,8H2,1H3. The first-order chi connectivity index (χ1) is 9.95.